The Morgan fingerprint density at radius 3 is 2.93 bits per heavy atom. The van der Waals surface area contributed by atoms with Gasteiger partial charge in [-0.15, -0.1) is 0 Å². The molecule has 0 saturated carbocycles. The van der Waals surface area contributed by atoms with Crippen molar-refractivity contribution in [2.45, 2.75) is 11.2 Å². The summed E-state index contributed by atoms with van der Waals surface area (Å²) in [6, 6.07) is 0. The lowest BCUT2D eigenvalue weighted by molar-refractivity contribution is -0.117. The number of halogens is 2. The molecule has 1 aliphatic rings. The maximum absolute atomic E-state index is 11.6. The number of carbonyl (C=O) groups excluding carboxylic acids is 1. The minimum Gasteiger partial charge on any atom is -0.382 e. The van der Waals surface area contributed by atoms with Gasteiger partial charge in [-0.05, 0) is 11.6 Å². The molecule has 1 atom stereocenters. The summed E-state index contributed by atoms with van der Waals surface area (Å²) in [5.74, 6) is 0.236. The van der Waals surface area contributed by atoms with Gasteiger partial charge >= 0.3 is 0 Å². The number of nitrogens with two attached hydrogens (primary N) is 1. The van der Waals surface area contributed by atoms with E-state index < -0.39 is 0 Å². The number of amides is 1. The second-order valence-corrected chi connectivity index (χ2v) is 4.85. The summed E-state index contributed by atoms with van der Waals surface area (Å²) >= 11 is 8.96. The first-order valence-electron chi connectivity index (χ1n) is 4.30. The lowest BCUT2D eigenvalue weighted by atomic mass is 10.4. The minimum absolute atomic E-state index is 0.00879. The molecule has 7 heteroatoms. The van der Waals surface area contributed by atoms with E-state index in [4.69, 9.17) is 17.3 Å². The molecule has 1 fully saturated rings. The van der Waals surface area contributed by atoms with Gasteiger partial charge in [0.25, 0.3) is 0 Å². The lowest BCUT2D eigenvalue weighted by Crippen LogP contribution is -2.26. The molecule has 0 aliphatic carbocycles. The van der Waals surface area contributed by atoms with Crippen LogP contribution in [0.25, 0.3) is 0 Å². The second-order valence-electron chi connectivity index (χ2n) is 3.22. The predicted molar refractivity (Wildman–Crippen MR) is 61.1 cm³/mol. The summed E-state index contributed by atoms with van der Waals surface area (Å²) < 4.78 is 0. The van der Waals surface area contributed by atoms with Crippen LogP contribution in [0, 0.1) is 0 Å². The average molecular weight is 292 g/mol. The van der Waals surface area contributed by atoms with Gasteiger partial charge in [-0.25, -0.2) is 4.98 Å². The van der Waals surface area contributed by atoms with E-state index in [2.05, 4.69) is 25.9 Å². The van der Waals surface area contributed by atoms with Crippen LogP contribution in [0.15, 0.2) is 6.20 Å². The highest BCUT2D eigenvalue weighted by molar-refractivity contribution is 9.09. The van der Waals surface area contributed by atoms with Gasteiger partial charge in [-0.2, -0.15) is 4.98 Å². The minimum atomic E-state index is 0.00879. The van der Waals surface area contributed by atoms with Crippen molar-refractivity contribution in [2.24, 2.45) is 0 Å². The molecule has 1 amide bonds. The van der Waals surface area contributed by atoms with Crippen molar-refractivity contribution < 1.29 is 4.79 Å². The Kier molecular flexibility index (Phi) is 2.79. The van der Waals surface area contributed by atoms with Crippen LogP contribution in [-0.4, -0.2) is 27.2 Å². The quantitative estimate of drug-likeness (QED) is 0.623. The van der Waals surface area contributed by atoms with E-state index in [0.717, 1.165) is 0 Å². The van der Waals surface area contributed by atoms with Gasteiger partial charge in [0.1, 0.15) is 5.69 Å². The van der Waals surface area contributed by atoms with Crippen molar-refractivity contribution in [2.75, 3.05) is 17.2 Å². The van der Waals surface area contributed by atoms with Gasteiger partial charge in [0.15, 0.2) is 5.82 Å². The fraction of sp³-hybridized carbons (Fsp3) is 0.375. The maximum Gasteiger partial charge on any atom is 0.228 e. The van der Waals surface area contributed by atoms with Crippen LogP contribution in [0.3, 0.4) is 0 Å². The number of aromatic nitrogens is 2. The molecule has 0 bridgehead atoms. The van der Waals surface area contributed by atoms with Crippen molar-refractivity contribution in [1.29, 1.82) is 0 Å². The molecule has 0 radical (unpaired) electrons. The molecule has 1 aromatic rings. The smallest absolute Gasteiger partial charge is 0.228 e. The SMILES string of the molecule is Nc1nc(Cl)ncc1N1CC(Br)CC1=O. The molecule has 1 aliphatic heterocycles. The van der Waals surface area contributed by atoms with E-state index in [1.807, 2.05) is 0 Å². The number of anilines is 2. The lowest BCUT2D eigenvalue weighted by Gasteiger charge is -2.16. The first-order valence-corrected chi connectivity index (χ1v) is 5.59. The van der Waals surface area contributed by atoms with Gasteiger partial charge in [-0.1, -0.05) is 15.9 Å². The predicted octanol–water partition coefficient (Wildman–Crippen LogP) is 1.21. The third kappa shape index (κ3) is 2.05. The van der Waals surface area contributed by atoms with Crippen LogP contribution in [0.2, 0.25) is 5.28 Å². The van der Waals surface area contributed by atoms with Gasteiger partial charge in [0.05, 0.1) is 6.20 Å². The van der Waals surface area contributed by atoms with E-state index >= 15 is 0 Å². The Balaban J connectivity index is 2.34. The van der Waals surface area contributed by atoms with Crippen molar-refractivity contribution in [3.8, 4) is 0 Å². The van der Waals surface area contributed by atoms with E-state index in [0.29, 0.717) is 18.7 Å². The molecule has 1 saturated heterocycles. The molecular formula is C8H8BrClN4O. The summed E-state index contributed by atoms with van der Waals surface area (Å²) in [6.07, 6.45) is 1.93. The van der Waals surface area contributed by atoms with Gasteiger partial charge in [0.2, 0.25) is 11.2 Å². The Bertz CT molecular complexity index is 414. The van der Waals surface area contributed by atoms with Gasteiger partial charge in [-0.3, -0.25) is 4.79 Å². The summed E-state index contributed by atoms with van der Waals surface area (Å²) in [6.45, 7) is 0.577. The zero-order valence-electron chi connectivity index (χ0n) is 7.65. The summed E-state index contributed by atoms with van der Waals surface area (Å²) in [7, 11) is 0. The highest BCUT2D eigenvalue weighted by Crippen LogP contribution is 2.28. The highest BCUT2D eigenvalue weighted by atomic mass is 79.9. The number of rotatable bonds is 1. The fourth-order valence-corrected chi connectivity index (χ4v) is 2.18. The van der Waals surface area contributed by atoms with Crippen molar-refractivity contribution in [3.05, 3.63) is 11.5 Å². The summed E-state index contributed by atoms with van der Waals surface area (Å²) in [5, 5.41) is 0.0817. The zero-order valence-corrected chi connectivity index (χ0v) is 9.99. The Morgan fingerprint density at radius 1 is 1.67 bits per heavy atom. The number of nitrogens with zero attached hydrogens (tertiary/aromatic N) is 3. The molecule has 0 aromatic carbocycles. The largest absolute Gasteiger partial charge is 0.382 e. The first-order chi connectivity index (χ1) is 7.08. The molecule has 1 aromatic heterocycles. The molecule has 0 spiro atoms. The van der Waals surface area contributed by atoms with Gasteiger partial charge < -0.3 is 10.6 Å². The molecule has 2 rings (SSSR count). The number of alkyl halides is 1. The monoisotopic (exact) mass is 290 g/mol. The number of nitrogen functional groups attached to an aromatic ring is 1. The Labute approximate surface area is 99.8 Å². The van der Waals surface area contributed by atoms with Crippen LogP contribution in [-0.2, 0) is 4.79 Å². The highest BCUT2D eigenvalue weighted by Gasteiger charge is 2.30. The normalized spacial score (nSPS) is 21.1. The standard InChI is InChI=1S/C8H8BrClN4O/c9-4-1-6(15)14(3-4)5-2-12-8(10)13-7(5)11/h2,4H,1,3H2,(H2,11,12,13). The molecule has 2 N–H and O–H groups in total. The number of hydrogen-bond donors (Lipinski definition) is 1. The summed E-state index contributed by atoms with van der Waals surface area (Å²) in [5.41, 5.74) is 6.18. The number of carbonyl (C=O) groups is 1. The molecule has 15 heavy (non-hydrogen) atoms. The Hall–Kier alpha value is -0.880. The zero-order chi connectivity index (χ0) is 11.0. The third-order valence-electron chi connectivity index (χ3n) is 2.14. The van der Waals surface area contributed by atoms with E-state index in [1.54, 1.807) is 4.90 Å². The Morgan fingerprint density at radius 2 is 2.40 bits per heavy atom. The van der Waals surface area contributed by atoms with E-state index in [-0.39, 0.29) is 21.8 Å². The molecule has 2 heterocycles. The first kappa shape index (κ1) is 10.6. The molecular weight excluding hydrogens is 283 g/mol. The molecule has 1 unspecified atom stereocenters. The van der Waals surface area contributed by atoms with Crippen molar-refractivity contribution in [3.63, 3.8) is 0 Å². The topological polar surface area (TPSA) is 72.1 Å². The van der Waals surface area contributed by atoms with Crippen LogP contribution in [0.4, 0.5) is 11.5 Å². The van der Waals surface area contributed by atoms with Crippen LogP contribution in [0.1, 0.15) is 6.42 Å². The third-order valence-corrected chi connectivity index (χ3v) is 2.93. The second kappa shape index (κ2) is 3.94. The van der Waals surface area contributed by atoms with E-state index in [1.165, 1.54) is 6.20 Å². The fourth-order valence-electron chi connectivity index (χ4n) is 1.47. The van der Waals surface area contributed by atoms with Crippen molar-refractivity contribution in [1.82, 2.24) is 9.97 Å². The number of hydrogen-bond acceptors (Lipinski definition) is 4. The molecule has 80 valence electrons. The average Bonchev–Trinajstić information content (AvgIpc) is 2.45. The van der Waals surface area contributed by atoms with Crippen LogP contribution in [0.5, 0.6) is 0 Å². The van der Waals surface area contributed by atoms with Crippen LogP contribution >= 0.6 is 27.5 Å². The van der Waals surface area contributed by atoms with Crippen molar-refractivity contribution >= 4 is 44.9 Å². The van der Waals surface area contributed by atoms with E-state index in [9.17, 15) is 4.79 Å². The summed E-state index contributed by atoms with van der Waals surface area (Å²) in [4.78, 5) is 20.9. The maximum atomic E-state index is 11.6. The molecule has 5 nitrogen and oxygen atoms in total. The van der Waals surface area contributed by atoms with Crippen LogP contribution < -0.4 is 10.6 Å². The van der Waals surface area contributed by atoms with Gasteiger partial charge in [0, 0.05) is 17.8 Å².